The third-order valence-corrected chi connectivity index (χ3v) is 2.76. The molecule has 0 aliphatic heterocycles. The van der Waals surface area contributed by atoms with Gasteiger partial charge in [0.05, 0.1) is 11.3 Å². The van der Waals surface area contributed by atoms with Gasteiger partial charge in [0.1, 0.15) is 11.8 Å². The molecule has 3 N–H and O–H groups in total. The van der Waals surface area contributed by atoms with Crippen LogP contribution in [0.3, 0.4) is 0 Å². The summed E-state index contributed by atoms with van der Waals surface area (Å²) >= 11 is 0. The highest BCUT2D eigenvalue weighted by molar-refractivity contribution is 5.64. The van der Waals surface area contributed by atoms with Crippen LogP contribution in [0.1, 0.15) is 11.1 Å². The van der Waals surface area contributed by atoms with E-state index in [0.717, 1.165) is 5.56 Å². The van der Waals surface area contributed by atoms with Crippen molar-refractivity contribution in [3.63, 3.8) is 0 Å². The molecule has 0 amide bonds. The predicted octanol–water partition coefficient (Wildman–Crippen LogP) is 2.47. The van der Waals surface area contributed by atoms with Crippen LogP contribution in [0.5, 0.6) is 11.5 Å². The van der Waals surface area contributed by atoms with Gasteiger partial charge in [-0.25, -0.2) is 0 Å². The molecule has 0 saturated carbocycles. The van der Waals surface area contributed by atoms with Gasteiger partial charge in [-0.3, -0.25) is 0 Å². The first-order valence-electron chi connectivity index (χ1n) is 5.91. The van der Waals surface area contributed by atoms with Crippen LogP contribution >= 0.6 is 0 Å². The van der Waals surface area contributed by atoms with Crippen molar-refractivity contribution in [2.45, 2.75) is 6.42 Å². The number of aliphatic hydroxyl groups is 1. The highest BCUT2D eigenvalue weighted by atomic mass is 16.5. The summed E-state index contributed by atoms with van der Waals surface area (Å²) < 4.78 is 5.75. The van der Waals surface area contributed by atoms with Gasteiger partial charge >= 0.3 is 0 Å². The normalized spacial score (nSPS) is 9.89. The first kappa shape index (κ1) is 12.9. The molecule has 2 rings (SSSR count). The highest BCUT2D eigenvalue weighted by Crippen LogP contribution is 2.31. The van der Waals surface area contributed by atoms with Gasteiger partial charge in [0.25, 0.3) is 0 Å². The van der Waals surface area contributed by atoms with Gasteiger partial charge in [-0.1, -0.05) is 24.3 Å². The zero-order valence-corrected chi connectivity index (χ0v) is 10.3. The lowest BCUT2D eigenvalue weighted by atomic mass is 10.1. The van der Waals surface area contributed by atoms with E-state index in [9.17, 15) is 0 Å². The zero-order valence-electron chi connectivity index (χ0n) is 10.3. The number of hydrogen-bond donors (Lipinski definition) is 2. The van der Waals surface area contributed by atoms with Crippen molar-refractivity contribution in [1.82, 2.24) is 0 Å². The Morgan fingerprint density at radius 3 is 2.58 bits per heavy atom. The summed E-state index contributed by atoms with van der Waals surface area (Å²) in [5.41, 5.74) is 7.47. The van der Waals surface area contributed by atoms with E-state index in [-0.39, 0.29) is 6.61 Å². The lowest BCUT2D eigenvalue weighted by Crippen LogP contribution is -1.98. The molecule has 96 valence electrons. The molecule has 0 aliphatic rings. The van der Waals surface area contributed by atoms with Crippen molar-refractivity contribution in [3.8, 4) is 17.6 Å². The molecular formula is C15H14N2O2. The maximum absolute atomic E-state index is 9.02. The Kier molecular flexibility index (Phi) is 4.01. The van der Waals surface area contributed by atoms with Gasteiger partial charge in [-0.15, -0.1) is 0 Å². The molecular weight excluding hydrogens is 240 g/mol. The Morgan fingerprint density at radius 2 is 1.84 bits per heavy atom. The maximum Gasteiger partial charge on any atom is 0.151 e. The van der Waals surface area contributed by atoms with Crippen molar-refractivity contribution in [2.75, 3.05) is 12.3 Å². The molecule has 2 aromatic rings. The van der Waals surface area contributed by atoms with Crippen molar-refractivity contribution in [3.05, 3.63) is 53.6 Å². The van der Waals surface area contributed by atoms with Gasteiger partial charge in [0.2, 0.25) is 0 Å². The number of nitrogens with two attached hydrogens (primary N) is 1. The van der Waals surface area contributed by atoms with E-state index in [2.05, 4.69) is 0 Å². The Balaban J connectivity index is 2.34. The SMILES string of the molecule is N#Cc1cccc(Oc2ccccc2CCO)c1N. The third-order valence-electron chi connectivity index (χ3n) is 2.76. The fourth-order valence-corrected chi connectivity index (χ4v) is 1.78. The number of nitriles is 1. The minimum atomic E-state index is 0.0497. The van der Waals surface area contributed by atoms with E-state index in [1.54, 1.807) is 18.2 Å². The van der Waals surface area contributed by atoms with Crippen LogP contribution in [-0.4, -0.2) is 11.7 Å². The average molecular weight is 254 g/mol. The summed E-state index contributed by atoms with van der Waals surface area (Å²) in [6, 6.07) is 14.5. The maximum atomic E-state index is 9.02. The predicted molar refractivity (Wildman–Crippen MR) is 72.9 cm³/mol. The van der Waals surface area contributed by atoms with Crippen molar-refractivity contribution in [1.29, 1.82) is 5.26 Å². The monoisotopic (exact) mass is 254 g/mol. The number of aliphatic hydroxyl groups excluding tert-OH is 1. The minimum Gasteiger partial charge on any atom is -0.455 e. The molecule has 0 heterocycles. The van der Waals surface area contributed by atoms with Gasteiger partial charge in [-0.2, -0.15) is 5.26 Å². The molecule has 0 bridgehead atoms. The summed E-state index contributed by atoms with van der Waals surface area (Å²) in [4.78, 5) is 0. The number of para-hydroxylation sites is 2. The van der Waals surface area contributed by atoms with Crippen molar-refractivity contribution >= 4 is 5.69 Å². The van der Waals surface area contributed by atoms with Crippen LogP contribution in [0.2, 0.25) is 0 Å². The molecule has 0 spiro atoms. The first-order valence-corrected chi connectivity index (χ1v) is 5.91. The molecule has 0 atom stereocenters. The lowest BCUT2D eigenvalue weighted by Gasteiger charge is -2.12. The summed E-state index contributed by atoms with van der Waals surface area (Å²) in [7, 11) is 0. The van der Waals surface area contributed by atoms with Crippen LogP contribution in [0, 0.1) is 11.3 Å². The van der Waals surface area contributed by atoms with E-state index in [1.165, 1.54) is 0 Å². The summed E-state index contributed by atoms with van der Waals surface area (Å²) in [6.07, 6.45) is 0.508. The number of nitrogens with zero attached hydrogens (tertiary/aromatic N) is 1. The first-order chi connectivity index (χ1) is 9.26. The molecule has 0 saturated heterocycles. The number of ether oxygens (including phenoxy) is 1. The Hall–Kier alpha value is -2.51. The van der Waals surface area contributed by atoms with Crippen LogP contribution in [0.4, 0.5) is 5.69 Å². The van der Waals surface area contributed by atoms with Gasteiger partial charge in [0, 0.05) is 6.61 Å². The number of benzene rings is 2. The van der Waals surface area contributed by atoms with E-state index in [1.807, 2.05) is 30.3 Å². The molecule has 0 aliphatic carbocycles. The summed E-state index contributed by atoms with van der Waals surface area (Å²) in [5.74, 6) is 1.09. The quantitative estimate of drug-likeness (QED) is 0.821. The molecule has 4 heteroatoms. The lowest BCUT2D eigenvalue weighted by molar-refractivity contribution is 0.298. The molecule has 19 heavy (non-hydrogen) atoms. The van der Waals surface area contributed by atoms with Gasteiger partial charge in [0.15, 0.2) is 5.75 Å². The Bertz CT molecular complexity index is 618. The highest BCUT2D eigenvalue weighted by Gasteiger charge is 2.09. The molecule has 4 nitrogen and oxygen atoms in total. The number of rotatable bonds is 4. The molecule has 0 radical (unpaired) electrons. The second-order valence-electron chi connectivity index (χ2n) is 4.01. The number of anilines is 1. The second kappa shape index (κ2) is 5.89. The van der Waals surface area contributed by atoms with Crippen LogP contribution in [0.25, 0.3) is 0 Å². The van der Waals surface area contributed by atoms with Gasteiger partial charge in [-0.05, 0) is 30.2 Å². The van der Waals surface area contributed by atoms with E-state index >= 15 is 0 Å². The van der Waals surface area contributed by atoms with Crippen molar-refractivity contribution in [2.24, 2.45) is 0 Å². The third kappa shape index (κ3) is 2.84. The summed E-state index contributed by atoms with van der Waals surface area (Å²) in [6.45, 7) is 0.0497. The van der Waals surface area contributed by atoms with Crippen LogP contribution in [0.15, 0.2) is 42.5 Å². The number of nitrogen functional groups attached to an aromatic ring is 1. The minimum absolute atomic E-state index is 0.0497. The van der Waals surface area contributed by atoms with E-state index in [0.29, 0.717) is 29.2 Å². The standard InChI is InChI=1S/C15H14N2O2/c16-10-12-5-3-7-14(15(12)17)19-13-6-2-1-4-11(13)8-9-18/h1-7,18H,8-9,17H2. The van der Waals surface area contributed by atoms with E-state index < -0.39 is 0 Å². The average Bonchev–Trinajstić information content (AvgIpc) is 2.43. The van der Waals surface area contributed by atoms with Gasteiger partial charge < -0.3 is 15.6 Å². The fraction of sp³-hybridized carbons (Fsp3) is 0.133. The van der Waals surface area contributed by atoms with Crippen molar-refractivity contribution < 1.29 is 9.84 Å². The summed E-state index contributed by atoms with van der Waals surface area (Å²) in [5, 5.41) is 18.0. The second-order valence-corrected chi connectivity index (χ2v) is 4.01. The number of hydrogen-bond acceptors (Lipinski definition) is 4. The molecule has 0 unspecified atom stereocenters. The van der Waals surface area contributed by atoms with E-state index in [4.69, 9.17) is 20.8 Å². The van der Waals surface area contributed by atoms with Crippen LogP contribution < -0.4 is 10.5 Å². The smallest absolute Gasteiger partial charge is 0.151 e. The Labute approximate surface area is 111 Å². The molecule has 0 aromatic heterocycles. The fourth-order valence-electron chi connectivity index (χ4n) is 1.78. The molecule has 2 aromatic carbocycles. The zero-order chi connectivity index (χ0) is 13.7. The topological polar surface area (TPSA) is 79.3 Å². The Morgan fingerprint density at radius 1 is 1.11 bits per heavy atom. The molecule has 0 fully saturated rings. The van der Waals surface area contributed by atoms with Crippen LogP contribution in [-0.2, 0) is 6.42 Å². The largest absolute Gasteiger partial charge is 0.455 e.